The molecule has 2 N–H and O–H groups in total. The number of piperidine rings is 1. The SMILES string of the molecule is Cc1cc(C)n2nc(C(=O)NC3CCN(C(=O)Nc4ccccc4)CC3)nc2n1. The summed E-state index contributed by atoms with van der Waals surface area (Å²) in [6.07, 6.45) is 1.36. The molecule has 4 rings (SSSR count). The van der Waals surface area contributed by atoms with Gasteiger partial charge in [0.25, 0.3) is 11.7 Å². The first-order valence-corrected chi connectivity index (χ1v) is 9.62. The van der Waals surface area contributed by atoms with E-state index in [1.807, 2.05) is 50.2 Å². The number of rotatable bonds is 3. The maximum Gasteiger partial charge on any atom is 0.321 e. The Morgan fingerprint density at radius 3 is 2.52 bits per heavy atom. The molecule has 9 nitrogen and oxygen atoms in total. The van der Waals surface area contributed by atoms with Crippen molar-refractivity contribution in [3.05, 3.63) is 53.6 Å². The fourth-order valence-electron chi connectivity index (χ4n) is 3.46. The summed E-state index contributed by atoms with van der Waals surface area (Å²) in [5, 5.41) is 10.1. The molecule has 0 aliphatic carbocycles. The summed E-state index contributed by atoms with van der Waals surface area (Å²) in [6.45, 7) is 4.92. The molecule has 1 fully saturated rings. The molecular formula is C20H23N7O2. The molecular weight excluding hydrogens is 370 g/mol. The van der Waals surface area contributed by atoms with Crippen molar-refractivity contribution < 1.29 is 9.59 Å². The Labute approximate surface area is 168 Å². The number of amides is 3. The Balaban J connectivity index is 1.33. The van der Waals surface area contributed by atoms with E-state index in [1.54, 1.807) is 9.42 Å². The molecule has 0 atom stereocenters. The molecule has 1 aromatic carbocycles. The lowest BCUT2D eigenvalue weighted by atomic mass is 10.1. The maximum atomic E-state index is 12.6. The zero-order chi connectivity index (χ0) is 20.4. The van der Waals surface area contributed by atoms with Crippen molar-refractivity contribution >= 4 is 23.4 Å². The summed E-state index contributed by atoms with van der Waals surface area (Å²) >= 11 is 0. The number of likely N-dealkylation sites (tertiary alicyclic amines) is 1. The second kappa shape index (κ2) is 7.86. The molecule has 0 saturated carbocycles. The maximum absolute atomic E-state index is 12.6. The first-order valence-electron chi connectivity index (χ1n) is 9.62. The van der Waals surface area contributed by atoms with Crippen molar-refractivity contribution in [3.8, 4) is 0 Å². The van der Waals surface area contributed by atoms with Crippen LogP contribution in [-0.2, 0) is 0 Å². The highest BCUT2D eigenvalue weighted by Gasteiger charge is 2.25. The Hall–Kier alpha value is -3.49. The van der Waals surface area contributed by atoms with Crippen molar-refractivity contribution in [1.29, 1.82) is 0 Å². The summed E-state index contributed by atoms with van der Waals surface area (Å²) in [5.74, 6) is 0.204. The van der Waals surface area contributed by atoms with Gasteiger partial charge < -0.3 is 15.5 Å². The molecule has 3 heterocycles. The Kier molecular flexibility index (Phi) is 5.11. The largest absolute Gasteiger partial charge is 0.346 e. The average Bonchev–Trinajstić information content (AvgIpc) is 3.14. The highest BCUT2D eigenvalue weighted by molar-refractivity contribution is 5.91. The number of nitrogens with one attached hydrogen (secondary N) is 2. The van der Waals surface area contributed by atoms with Crippen molar-refractivity contribution in [1.82, 2.24) is 29.8 Å². The van der Waals surface area contributed by atoms with Gasteiger partial charge in [0.1, 0.15) is 0 Å². The molecule has 2 aromatic heterocycles. The lowest BCUT2D eigenvalue weighted by Gasteiger charge is -2.32. The summed E-state index contributed by atoms with van der Waals surface area (Å²) < 4.78 is 1.57. The van der Waals surface area contributed by atoms with Gasteiger partial charge >= 0.3 is 6.03 Å². The number of hydrogen-bond acceptors (Lipinski definition) is 5. The summed E-state index contributed by atoms with van der Waals surface area (Å²) in [6, 6.07) is 11.1. The third kappa shape index (κ3) is 4.18. The van der Waals surface area contributed by atoms with E-state index in [-0.39, 0.29) is 23.8 Å². The van der Waals surface area contributed by atoms with E-state index in [0.717, 1.165) is 17.1 Å². The number of carbonyl (C=O) groups excluding carboxylic acids is 2. The minimum atomic E-state index is -0.320. The van der Waals surface area contributed by atoms with Gasteiger partial charge in [0, 0.05) is 36.2 Å². The Bertz CT molecular complexity index is 1040. The van der Waals surface area contributed by atoms with Gasteiger partial charge in [0.05, 0.1) is 0 Å². The third-order valence-electron chi connectivity index (χ3n) is 4.96. The van der Waals surface area contributed by atoms with Crippen LogP contribution in [0.5, 0.6) is 0 Å². The van der Waals surface area contributed by atoms with Crippen LogP contribution in [0, 0.1) is 13.8 Å². The van der Waals surface area contributed by atoms with Gasteiger partial charge in [-0.15, -0.1) is 5.10 Å². The molecule has 0 radical (unpaired) electrons. The van der Waals surface area contributed by atoms with Crippen LogP contribution in [0.15, 0.2) is 36.4 Å². The molecule has 9 heteroatoms. The minimum Gasteiger partial charge on any atom is -0.346 e. The molecule has 3 aromatic rings. The second-order valence-corrected chi connectivity index (χ2v) is 7.22. The normalized spacial score (nSPS) is 14.8. The molecule has 1 aliphatic rings. The van der Waals surface area contributed by atoms with Crippen LogP contribution in [0.3, 0.4) is 0 Å². The Morgan fingerprint density at radius 2 is 1.79 bits per heavy atom. The number of anilines is 1. The zero-order valence-corrected chi connectivity index (χ0v) is 16.4. The fraction of sp³-hybridized carbons (Fsp3) is 0.350. The summed E-state index contributed by atoms with van der Waals surface area (Å²) in [7, 11) is 0. The van der Waals surface area contributed by atoms with E-state index in [4.69, 9.17) is 0 Å². The fourth-order valence-corrected chi connectivity index (χ4v) is 3.46. The number of urea groups is 1. The van der Waals surface area contributed by atoms with Crippen molar-refractivity contribution in [2.75, 3.05) is 18.4 Å². The Morgan fingerprint density at radius 1 is 1.07 bits per heavy atom. The van der Waals surface area contributed by atoms with Crippen molar-refractivity contribution in [2.24, 2.45) is 0 Å². The van der Waals surface area contributed by atoms with E-state index in [2.05, 4.69) is 25.7 Å². The van der Waals surface area contributed by atoms with E-state index in [0.29, 0.717) is 31.7 Å². The molecule has 150 valence electrons. The first kappa shape index (κ1) is 18.9. The number of benzene rings is 1. The number of fused-ring (bicyclic) bond motifs is 1. The van der Waals surface area contributed by atoms with Gasteiger partial charge in [-0.25, -0.2) is 14.3 Å². The van der Waals surface area contributed by atoms with E-state index < -0.39 is 0 Å². The lowest BCUT2D eigenvalue weighted by molar-refractivity contribution is 0.0909. The van der Waals surface area contributed by atoms with E-state index in [9.17, 15) is 9.59 Å². The smallest absolute Gasteiger partial charge is 0.321 e. The van der Waals surface area contributed by atoms with Crippen LogP contribution in [0.25, 0.3) is 5.78 Å². The van der Waals surface area contributed by atoms with Gasteiger partial charge in [0.15, 0.2) is 0 Å². The predicted octanol–water partition coefficient (Wildman–Crippen LogP) is 2.17. The summed E-state index contributed by atoms with van der Waals surface area (Å²) in [5.41, 5.74) is 2.47. The highest BCUT2D eigenvalue weighted by atomic mass is 16.2. The third-order valence-corrected chi connectivity index (χ3v) is 4.96. The van der Waals surface area contributed by atoms with Crippen LogP contribution >= 0.6 is 0 Å². The quantitative estimate of drug-likeness (QED) is 0.710. The van der Waals surface area contributed by atoms with E-state index >= 15 is 0 Å². The van der Waals surface area contributed by atoms with Gasteiger partial charge in [-0.05, 0) is 44.9 Å². The number of aryl methyl sites for hydroxylation is 2. The number of nitrogens with zero attached hydrogens (tertiary/aromatic N) is 5. The molecule has 0 spiro atoms. The van der Waals surface area contributed by atoms with Crippen molar-refractivity contribution in [2.45, 2.75) is 32.7 Å². The van der Waals surface area contributed by atoms with E-state index in [1.165, 1.54) is 0 Å². The number of hydrogen-bond donors (Lipinski definition) is 2. The van der Waals surface area contributed by atoms with Crippen LogP contribution in [0.1, 0.15) is 34.8 Å². The molecule has 3 amide bonds. The minimum absolute atomic E-state index is 0.0225. The standard InChI is InChI=1S/C20H23N7O2/c1-13-12-14(2)27-19(21-13)24-17(25-27)18(28)22-16-8-10-26(11-9-16)20(29)23-15-6-4-3-5-7-15/h3-7,12,16H,8-11H2,1-2H3,(H,22,28)(H,23,29). The molecule has 29 heavy (non-hydrogen) atoms. The van der Waals surface area contributed by atoms with Gasteiger partial charge in [-0.3, -0.25) is 4.79 Å². The monoisotopic (exact) mass is 393 g/mol. The van der Waals surface area contributed by atoms with Gasteiger partial charge in [0.2, 0.25) is 5.82 Å². The van der Waals surface area contributed by atoms with Crippen molar-refractivity contribution in [3.63, 3.8) is 0 Å². The average molecular weight is 393 g/mol. The topological polar surface area (TPSA) is 105 Å². The number of carbonyl (C=O) groups is 2. The van der Waals surface area contributed by atoms with Crippen LogP contribution in [-0.4, -0.2) is 55.6 Å². The highest BCUT2D eigenvalue weighted by Crippen LogP contribution is 2.14. The predicted molar refractivity (Wildman–Crippen MR) is 108 cm³/mol. The van der Waals surface area contributed by atoms with Crippen LogP contribution in [0.2, 0.25) is 0 Å². The van der Waals surface area contributed by atoms with Gasteiger partial charge in [-0.2, -0.15) is 4.98 Å². The summed E-state index contributed by atoms with van der Waals surface area (Å²) in [4.78, 5) is 35.3. The zero-order valence-electron chi connectivity index (χ0n) is 16.4. The number of aromatic nitrogens is 4. The number of para-hydroxylation sites is 1. The molecule has 1 aliphatic heterocycles. The second-order valence-electron chi connectivity index (χ2n) is 7.22. The first-order chi connectivity index (χ1) is 14.0. The molecule has 1 saturated heterocycles. The van der Waals surface area contributed by atoms with Gasteiger partial charge in [-0.1, -0.05) is 18.2 Å². The molecule has 0 bridgehead atoms. The lowest BCUT2D eigenvalue weighted by Crippen LogP contribution is -2.47. The molecule has 0 unspecified atom stereocenters. The van der Waals surface area contributed by atoms with Crippen LogP contribution < -0.4 is 10.6 Å². The van der Waals surface area contributed by atoms with Crippen LogP contribution in [0.4, 0.5) is 10.5 Å².